The van der Waals surface area contributed by atoms with Gasteiger partial charge in [0.2, 0.25) is 0 Å². The fourth-order valence-corrected chi connectivity index (χ4v) is 7.11. The van der Waals surface area contributed by atoms with E-state index in [4.69, 9.17) is 44.9 Å². The number of benzene rings is 3. The number of nitrogens with zero attached hydrogens (tertiary/aromatic N) is 1. The number of ether oxygens (including phenoxy) is 6. The molecule has 3 aromatic carbocycles. The van der Waals surface area contributed by atoms with Crippen molar-refractivity contribution in [2.75, 3.05) is 102 Å². The number of hydrogen-bond acceptors (Lipinski definition) is 16. The normalized spacial score (nSPS) is 14.8. The standard InChI is InChI=1S/C51H74N8O11/c1-35(52)46-43(33-51(5,6)34-45(46)61)57-39-14-15-40(47(53)62)42(32-39)54-18-7-21-65-23-25-67-27-29-69-30-28-68-26-24-66-22-8-19-55-48(63)37-10-12-38(13-11-37)58-59-41-16-9-36(31-44(41)60)17-20-56-49(64)70-50(2,3)4/h9-16,31-32,54,58-60H,7-8,17-30,33-34,52H2,1-6H3,(H2,53,62)(H,55,63)(H,56,64). The lowest BCUT2D eigenvalue weighted by atomic mass is 9.73. The molecule has 4 rings (SSSR count). The first-order chi connectivity index (χ1) is 33.4. The average molecular weight is 975 g/mol. The third-order valence-corrected chi connectivity index (χ3v) is 10.4. The number of phenolic OH excluding ortho intramolecular Hbond substituents is 1. The zero-order chi connectivity index (χ0) is 50.9. The summed E-state index contributed by atoms with van der Waals surface area (Å²) in [7, 11) is 0. The summed E-state index contributed by atoms with van der Waals surface area (Å²) in [4.78, 5) is 54.2. The van der Waals surface area contributed by atoms with Crippen LogP contribution in [-0.4, -0.2) is 126 Å². The van der Waals surface area contributed by atoms with Crippen LogP contribution in [0.2, 0.25) is 0 Å². The molecule has 19 nitrogen and oxygen atoms in total. The summed E-state index contributed by atoms with van der Waals surface area (Å²) < 4.78 is 33.2. The number of primary amides is 1. The van der Waals surface area contributed by atoms with Crippen molar-refractivity contribution in [1.82, 2.24) is 10.6 Å². The van der Waals surface area contributed by atoms with Crippen molar-refractivity contribution in [3.05, 3.63) is 88.6 Å². The van der Waals surface area contributed by atoms with Gasteiger partial charge in [-0.25, -0.2) is 4.79 Å². The zero-order valence-corrected chi connectivity index (χ0v) is 41.6. The number of nitrogens with one attached hydrogen (secondary N) is 5. The molecule has 0 bridgehead atoms. The molecule has 0 radical (unpaired) electrons. The molecule has 0 atom stereocenters. The summed E-state index contributed by atoms with van der Waals surface area (Å²) in [5, 5.41) is 19.3. The summed E-state index contributed by atoms with van der Waals surface area (Å²) in [6.07, 6.45) is 2.37. The van der Waals surface area contributed by atoms with Gasteiger partial charge in [-0.2, -0.15) is 0 Å². The lowest BCUT2D eigenvalue weighted by Gasteiger charge is -2.31. The van der Waals surface area contributed by atoms with Gasteiger partial charge in [-0.15, -0.1) is 0 Å². The number of nitrogens with two attached hydrogens (primary N) is 2. The Bertz CT molecular complexity index is 2220. The highest BCUT2D eigenvalue weighted by Crippen LogP contribution is 2.36. The Hall–Kier alpha value is -6.25. The highest BCUT2D eigenvalue weighted by molar-refractivity contribution is 6.25. The Morgan fingerprint density at radius 3 is 1.89 bits per heavy atom. The summed E-state index contributed by atoms with van der Waals surface area (Å²) in [6.45, 7) is 16.9. The first-order valence-corrected chi connectivity index (χ1v) is 23.7. The van der Waals surface area contributed by atoms with Crippen molar-refractivity contribution in [2.45, 2.75) is 79.2 Å². The molecule has 19 heteroatoms. The number of carbonyl (C=O) groups is 4. The number of ketones is 1. The van der Waals surface area contributed by atoms with Gasteiger partial charge in [0.25, 0.3) is 11.8 Å². The van der Waals surface area contributed by atoms with E-state index < -0.39 is 17.6 Å². The van der Waals surface area contributed by atoms with Crippen LogP contribution in [0.5, 0.6) is 5.75 Å². The van der Waals surface area contributed by atoms with Gasteiger partial charge in [0.05, 0.1) is 86.8 Å². The molecular formula is C51H74N8O11. The van der Waals surface area contributed by atoms with E-state index in [0.29, 0.717) is 169 Å². The minimum absolute atomic E-state index is 0.0161. The number of anilines is 3. The maximum Gasteiger partial charge on any atom is 0.407 e. The molecule has 0 saturated heterocycles. The molecule has 1 fully saturated rings. The number of hydrazine groups is 1. The van der Waals surface area contributed by atoms with Gasteiger partial charge in [-0.1, -0.05) is 19.9 Å². The van der Waals surface area contributed by atoms with Crippen molar-refractivity contribution in [2.24, 2.45) is 21.9 Å². The monoisotopic (exact) mass is 975 g/mol. The molecular weight excluding hydrogens is 901 g/mol. The summed E-state index contributed by atoms with van der Waals surface area (Å²) in [6, 6.07) is 17.2. The first kappa shape index (κ1) is 56.3. The number of Topliss-reactive ketones (excluding diaryl/α,β-unsaturated/α-hetero) is 1. The predicted molar refractivity (Wildman–Crippen MR) is 271 cm³/mol. The quantitative estimate of drug-likeness (QED) is 0.0156. The average Bonchev–Trinajstić information content (AvgIpc) is 3.28. The van der Waals surface area contributed by atoms with Gasteiger partial charge < -0.3 is 66.4 Å². The van der Waals surface area contributed by atoms with Crippen LogP contribution in [0.1, 0.15) is 93.5 Å². The topological polar surface area (TPSA) is 268 Å². The van der Waals surface area contributed by atoms with Crippen LogP contribution in [0.25, 0.3) is 0 Å². The van der Waals surface area contributed by atoms with Crippen molar-refractivity contribution in [1.29, 1.82) is 0 Å². The summed E-state index contributed by atoms with van der Waals surface area (Å²) >= 11 is 0. The number of hydrogen-bond donors (Lipinski definition) is 8. The number of aliphatic imine (C=N–C) groups is 1. The van der Waals surface area contributed by atoms with Gasteiger partial charge in [-0.05, 0) is 119 Å². The molecule has 0 aliphatic heterocycles. The zero-order valence-electron chi connectivity index (χ0n) is 41.6. The minimum atomic E-state index is -0.570. The molecule has 384 valence electrons. The second kappa shape index (κ2) is 29.1. The van der Waals surface area contributed by atoms with Gasteiger partial charge in [0.15, 0.2) is 5.78 Å². The van der Waals surface area contributed by atoms with Crippen LogP contribution in [0.4, 0.5) is 27.5 Å². The maximum atomic E-state index is 12.8. The third-order valence-electron chi connectivity index (χ3n) is 10.4. The van der Waals surface area contributed by atoms with E-state index in [2.05, 4.69) is 26.8 Å². The largest absolute Gasteiger partial charge is 0.506 e. The molecule has 0 spiro atoms. The van der Waals surface area contributed by atoms with Gasteiger partial charge in [0, 0.05) is 56.2 Å². The number of aromatic hydroxyl groups is 1. The van der Waals surface area contributed by atoms with Crippen LogP contribution in [0, 0.1) is 5.41 Å². The Balaban J connectivity index is 0.945. The lowest BCUT2D eigenvalue weighted by Crippen LogP contribution is -2.33. The Kier molecular flexibility index (Phi) is 23.4. The van der Waals surface area contributed by atoms with E-state index in [9.17, 15) is 24.3 Å². The smallest absolute Gasteiger partial charge is 0.407 e. The molecule has 3 amide bonds. The molecule has 1 aliphatic rings. The minimum Gasteiger partial charge on any atom is -0.506 e. The number of alkyl carbamates (subject to hydrolysis) is 1. The number of amides is 3. The van der Waals surface area contributed by atoms with E-state index in [1.54, 1.807) is 82.3 Å². The highest BCUT2D eigenvalue weighted by Gasteiger charge is 2.35. The molecule has 70 heavy (non-hydrogen) atoms. The van der Waals surface area contributed by atoms with Gasteiger partial charge in [-0.3, -0.25) is 24.8 Å². The summed E-state index contributed by atoms with van der Waals surface area (Å²) in [5.74, 6) is -0.720. The Morgan fingerprint density at radius 2 is 1.31 bits per heavy atom. The SMILES string of the molecule is CC(N)=C1C(=O)CC(C)(C)CC1=Nc1ccc(C(N)=O)c(NCCCOCCOCCOCCOCCOCCCNC(=O)c2ccc(NNc3ccc(CCNC(=O)OC(C)(C)C)cc3O)cc2)c1. The van der Waals surface area contributed by atoms with E-state index in [0.717, 1.165) is 5.56 Å². The van der Waals surface area contributed by atoms with Crippen LogP contribution < -0.4 is 38.3 Å². The lowest BCUT2D eigenvalue weighted by molar-refractivity contribution is -0.117. The second-order valence-corrected chi connectivity index (χ2v) is 18.5. The number of rotatable bonds is 30. The number of phenols is 1. The van der Waals surface area contributed by atoms with Gasteiger partial charge >= 0.3 is 6.09 Å². The molecule has 0 heterocycles. The fraction of sp³-hybridized carbons (Fsp3) is 0.510. The molecule has 10 N–H and O–H groups in total. The predicted octanol–water partition coefficient (Wildman–Crippen LogP) is 6.40. The molecule has 0 unspecified atom stereocenters. The van der Waals surface area contributed by atoms with E-state index >= 15 is 0 Å². The molecule has 0 aromatic heterocycles. The van der Waals surface area contributed by atoms with Crippen LogP contribution in [0.15, 0.2) is 76.9 Å². The highest BCUT2D eigenvalue weighted by atomic mass is 16.6. The maximum absolute atomic E-state index is 12.8. The van der Waals surface area contributed by atoms with Crippen molar-refractivity contribution >= 4 is 52.2 Å². The number of allylic oxidation sites excluding steroid dienone is 2. The van der Waals surface area contributed by atoms with Crippen LogP contribution >= 0.6 is 0 Å². The second-order valence-electron chi connectivity index (χ2n) is 18.5. The van der Waals surface area contributed by atoms with Crippen molar-refractivity contribution in [3.8, 4) is 5.75 Å². The van der Waals surface area contributed by atoms with E-state index in [1.165, 1.54) is 0 Å². The first-order valence-electron chi connectivity index (χ1n) is 23.7. The van der Waals surface area contributed by atoms with Gasteiger partial charge in [0.1, 0.15) is 11.4 Å². The molecule has 1 saturated carbocycles. The Labute approximate surface area is 411 Å². The molecule has 3 aromatic rings. The van der Waals surface area contributed by atoms with Crippen LogP contribution in [0.3, 0.4) is 0 Å². The Morgan fingerprint density at radius 1 is 0.714 bits per heavy atom. The van der Waals surface area contributed by atoms with E-state index in [1.807, 2.05) is 19.9 Å². The van der Waals surface area contributed by atoms with Crippen LogP contribution in [-0.2, 0) is 39.6 Å². The van der Waals surface area contributed by atoms with E-state index in [-0.39, 0.29) is 22.9 Å². The fourth-order valence-electron chi connectivity index (χ4n) is 7.11. The molecule has 1 aliphatic carbocycles. The van der Waals surface area contributed by atoms with Crippen molar-refractivity contribution in [3.63, 3.8) is 0 Å². The summed E-state index contributed by atoms with van der Waals surface area (Å²) in [5.41, 5.74) is 22.5. The van der Waals surface area contributed by atoms with Crippen molar-refractivity contribution < 1.29 is 52.7 Å². The number of carbonyl (C=O) groups excluding carboxylic acids is 4. The third kappa shape index (κ3) is 21.2.